The lowest BCUT2D eigenvalue weighted by atomic mass is 10.0. The third kappa shape index (κ3) is 8.69. The van der Waals surface area contributed by atoms with Gasteiger partial charge in [0, 0.05) is 13.0 Å². The average molecular weight is 312 g/mol. The molecule has 1 amide bonds. The molecule has 0 aliphatic heterocycles. The Labute approximate surface area is 132 Å². The van der Waals surface area contributed by atoms with Crippen molar-refractivity contribution in [2.75, 3.05) is 40.4 Å². The fraction of sp³-hybridized carbons (Fsp3) is 0.688. The maximum atomic E-state index is 11.4. The van der Waals surface area contributed by atoms with Gasteiger partial charge < -0.3 is 24.8 Å². The molecule has 0 saturated carbocycles. The summed E-state index contributed by atoms with van der Waals surface area (Å²) in [5.74, 6) is 1.29. The topological polar surface area (TPSA) is 71.0 Å². The molecule has 0 spiro atoms. The molecular formula is C16H28N2O4. The van der Waals surface area contributed by atoms with E-state index in [2.05, 4.69) is 18.3 Å². The zero-order chi connectivity index (χ0) is 16.4. The fourth-order valence-corrected chi connectivity index (χ4v) is 1.97. The van der Waals surface area contributed by atoms with E-state index in [-0.39, 0.29) is 13.2 Å². The molecule has 0 bridgehead atoms. The summed E-state index contributed by atoms with van der Waals surface area (Å²) in [5.41, 5.74) is 0. The molecular weight excluding hydrogens is 284 g/mol. The van der Waals surface area contributed by atoms with Gasteiger partial charge in [-0.05, 0) is 39.1 Å². The Hall–Kier alpha value is -1.53. The molecule has 0 heterocycles. The van der Waals surface area contributed by atoms with Crippen molar-refractivity contribution in [1.29, 1.82) is 0 Å². The zero-order valence-electron chi connectivity index (χ0n) is 13.7. The summed E-state index contributed by atoms with van der Waals surface area (Å²) in [6, 6.07) is 0. The summed E-state index contributed by atoms with van der Waals surface area (Å²) in [6.07, 6.45) is 6.30. The highest BCUT2D eigenvalue weighted by molar-refractivity contribution is 5.67. The molecule has 1 aliphatic rings. The number of ether oxygens (including phenoxy) is 2. The number of amides is 1. The molecule has 0 aromatic rings. The summed E-state index contributed by atoms with van der Waals surface area (Å²) >= 11 is 0. The van der Waals surface area contributed by atoms with Crippen molar-refractivity contribution < 1.29 is 19.4 Å². The minimum Gasteiger partial charge on any atom is -0.495 e. The lowest BCUT2D eigenvalue weighted by molar-refractivity contribution is 0.0180. The van der Waals surface area contributed by atoms with Crippen LogP contribution in [0, 0.1) is 5.92 Å². The van der Waals surface area contributed by atoms with E-state index in [1.165, 1.54) is 0 Å². The van der Waals surface area contributed by atoms with Gasteiger partial charge >= 0.3 is 6.09 Å². The van der Waals surface area contributed by atoms with Gasteiger partial charge in [0.15, 0.2) is 0 Å². The minimum atomic E-state index is -0.824. The van der Waals surface area contributed by atoms with Crippen LogP contribution in [-0.2, 0) is 9.47 Å². The number of allylic oxidation sites excluding steroid dienone is 4. The highest BCUT2D eigenvalue weighted by Gasteiger charge is 2.12. The zero-order valence-corrected chi connectivity index (χ0v) is 13.7. The van der Waals surface area contributed by atoms with Gasteiger partial charge in [0.25, 0.3) is 0 Å². The standard InChI is InChI=1S/C16H28N2O4/c1-13-6-4-7-15(10-13)21-11-14(19)12-22-16(20)17-8-5-9-18(2)3/h4,6-7,13-14,19H,5,8-12H2,1-3H3,(H,17,20). The minimum absolute atomic E-state index is 0.0712. The molecule has 2 N–H and O–H groups in total. The van der Waals surface area contributed by atoms with Gasteiger partial charge in [-0.1, -0.05) is 19.1 Å². The van der Waals surface area contributed by atoms with E-state index >= 15 is 0 Å². The number of rotatable bonds is 9. The summed E-state index contributed by atoms with van der Waals surface area (Å²) in [4.78, 5) is 13.5. The number of aliphatic hydroxyl groups excluding tert-OH is 1. The van der Waals surface area contributed by atoms with E-state index < -0.39 is 12.2 Å². The van der Waals surface area contributed by atoms with Crippen molar-refractivity contribution in [3.05, 3.63) is 24.0 Å². The lowest BCUT2D eigenvalue weighted by Gasteiger charge is -2.18. The van der Waals surface area contributed by atoms with E-state index in [1.54, 1.807) is 0 Å². The number of carbonyl (C=O) groups is 1. The molecule has 0 aromatic carbocycles. The van der Waals surface area contributed by atoms with Crippen LogP contribution in [0.3, 0.4) is 0 Å². The smallest absolute Gasteiger partial charge is 0.407 e. The van der Waals surface area contributed by atoms with Crippen molar-refractivity contribution in [1.82, 2.24) is 10.2 Å². The number of nitrogens with one attached hydrogen (secondary N) is 1. The first-order chi connectivity index (χ1) is 10.5. The SMILES string of the molecule is CC1C=CC=C(OCC(O)COC(=O)NCCCN(C)C)C1. The monoisotopic (exact) mass is 312 g/mol. The molecule has 0 aromatic heterocycles. The first-order valence-electron chi connectivity index (χ1n) is 7.71. The Morgan fingerprint density at radius 1 is 1.50 bits per heavy atom. The van der Waals surface area contributed by atoms with Gasteiger partial charge in [-0.3, -0.25) is 0 Å². The summed E-state index contributed by atoms with van der Waals surface area (Å²) < 4.78 is 10.5. The number of hydrogen-bond donors (Lipinski definition) is 2. The summed E-state index contributed by atoms with van der Waals surface area (Å²) in [5, 5.41) is 12.4. The quantitative estimate of drug-likeness (QED) is 0.632. The van der Waals surface area contributed by atoms with Crippen LogP contribution in [0.25, 0.3) is 0 Å². The van der Waals surface area contributed by atoms with E-state index in [9.17, 15) is 9.90 Å². The predicted octanol–water partition coefficient (Wildman–Crippen LogP) is 1.52. The first kappa shape index (κ1) is 18.5. The van der Waals surface area contributed by atoms with Gasteiger partial charge in [-0.2, -0.15) is 0 Å². The second kappa shape index (κ2) is 10.2. The van der Waals surface area contributed by atoms with Gasteiger partial charge in [-0.25, -0.2) is 4.79 Å². The summed E-state index contributed by atoms with van der Waals surface area (Å²) in [7, 11) is 3.96. The molecule has 0 radical (unpaired) electrons. The fourth-order valence-electron chi connectivity index (χ4n) is 1.97. The molecule has 0 fully saturated rings. The van der Waals surface area contributed by atoms with Crippen molar-refractivity contribution in [3.8, 4) is 0 Å². The van der Waals surface area contributed by atoms with Crippen LogP contribution in [-0.4, -0.2) is 62.6 Å². The molecule has 6 nitrogen and oxygen atoms in total. The molecule has 1 aliphatic carbocycles. The highest BCUT2D eigenvalue weighted by atomic mass is 16.6. The van der Waals surface area contributed by atoms with Gasteiger partial charge in [0.2, 0.25) is 0 Å². The largest absolute Gasteiger partial charge is 0.495 e. The van der Waals surface area contributed by atoms with Crippen LogP contribution in [0.2, 0.25) is 0 Å². The van der Waals surface area contributed by atoms with Crippen LogP contribution in [0.15, 0.2) is 24.0 Å². The average Bonchev–Trinajstić information content (AvgIpc) is 2.47. The van der Waals surface area contributed by atoms with Crippen molar-refractivity contribution in [2.24, 2.45) is 5.92 Å². The third-order valence-corrected chi connectivity index (χ3v) is 3.16. The first-order valence-corrected chi connectivity index (χ1v) is 7.71. The van der Waals surface area contributed by atoms with Gasteiger partial charge in [0.05, 0.1) is 5.76 Å². The van der Waals surface area contributed by atoms with E-state index in [1.807, 2.05) is 31.1 Å². The Morgan fingerprint density at radius 2 is 2.27 bits per heavy atom. The molecule has 2 atom stereocenters. The second-order valence-electron chi connectivity index (χ2n) is 5.85. The van der Waals surface area contributed by atoms with Gasteiger partial charge in [0.1, 0.15) is 19.3 Å². The maximum Gasteiger partial charge on any atom is 0.407 e. The molecule has 2 unspecified atom stereocenters. The molecule has 6 heteroatoms. The molecule has 126 valence electrons. The van der Waals surface area contributed by atoms with E-state index in [0.29, 0.717) is 12.5 Å². The lowest BCUT2D eigenvalue weighted by Crippen LogP contribution is -2.31. The normalized spacial score (nSPS) is 18.8. The Morgan fingerprint density at radius 3 is 2.95 bits per heavy atom. The van der Waals surface area contributed by atoms with Crippen LogP contribution in [0.1, 0.15) is 19.8 Å². The summed E-state index contributed by atoms with van der Waals surface area (Å²) in [6.45, 7) is 3.62. The van der Waals surface area contributed by atoms with Crippen LogP contribution in [0.4, 0.5) is 4.79 Å². The Kier molecular flexibility index (Phi) is 8.62. The number of alkyl carbamates (subject to hydrolysis) is 1. The third-order valence-electron chi connectivity index (χ3n) is 3.16. The van der Waals surface area contributed by atoms with Crippen molar-refractivity contribution in [3.63, 3.8) is 0 Å². The molecule has 0 saturated heterocycles. The molecule has 1 rings (SSSR count). The second-order valence-corrected chi connectivity index (χ2v) is 5.85. The highest BCUT2D eigenvalue weighted by Crippen LogP contribution is 2.18. The Bertz CT molecular complexity index is 394. The van der Waals surface area contributed by atoms with Crippen LogP contribution >= 0.6 is 0 Å². The van der Waals surface area contributed by atoms with Crippen molar-refractivity contribution in [2.45, 2.75) is 25.9 Å². The molecule has 22 heavy (non-hydrogen) atoms. The van der Waals surface area contributed by atoms with E-state index in [0.717, 1.165) is 25.1 Å². The van der Waals surface area contributed by atoms with Crippen LogP contribution < -0.4 is 5.32 Å². The number of aliphatic hydroxyl groups is 1. The number of hydrogen-bond acceptors (Lipinski definition) is 5. The predicted molar refractivity (Wildman–Crippen MR) is 85.5 cm³/mol. The number of carbonyl (C=O) groups excluding carboxylic acids is 1. The number of nitrogens with zero attached hydrogens (tertiary/aromatic N) is 1. The maximum absolute atomic E-state index is 11.4. The van der Waals surface area contributed by atoms with E-state index in [4.69, 9.17) is 9.47 Å². The van der Waals surface area contributed by atoms with Crippen LogP contribution in [0.5, 0.6) is 0 Å². The van der Waals surface area contributed by atoms with Crippen molar-refractivity contribution >= 4 is 6.09 Å². The Balaban J connectivity index is 2.07. The van der Waals surface area contributed by atoms with Gasteiger partial charge in [-0.15, -0.1) is 0 Å².